The number of nitrogens with one attached hydrogen (secondary N) is 1. The van der Waals surface area contributed by atoms with E-state index in [0.29, 0.717) is 18.6 Å². The molecule has 0 atom stereocenters. The van der Waals surface area contributed by atoms with E-state index >= 15 is 0 Å². The summed E-state index contributed by atoms with van der Waals surface area (Å²) < 4.78 is 54.8. The second-order valence-electron chi connectivity index (χ2n) is 19.5. The number of benzene rings is 3. The number of rotatable bonds is 17. The van der Waals surface area contributed by atoms with Crippen molar-refractivity contribution in [3.05, 3.63) is 124 Å². The summed E-state index contributed by atoms with van der Waals surface area (Å²) in [6, 6.07) is 19.3. The Bertz CT molecular complexity index is 2470. The molecule has 6 rings (SSSR count). The molecule has 12 heteroatoms. The average Bonchev–Trinajstić information content (AvgIpc) is 3.55. The van der Waals surface area contributed by atoms with Crippen LogP contribution in [-0.2, 0) is 32.2 Å². The average molecular weight is 897 g/mol. The first-order chi connectivity index (χ1) is 29.6. The number of ether oxygens (including phenoxy) is 1. The quantitative estimate of drug-likeness (QED) is 0.0531. The fourth-order valence-corrected chi connectivity index (χ4v) is 9.95. The topological polar surface area (TPSA) is 119 Å². The van der Waals surface area contributed by atoms with Crippen molar-refractivity contribution >= 4 is 45.2 Å². The zero-order valence-electron chi connectivity index (χ0n) is 38.9. The number of carbonyl (C=O) groups is 1. The first kappa shape index (κ1) is 48.0. The lowest BCUT2D eigenvalue weighted by atomic mass is 9.81. The normalized spacial score (nSPS) is 18.6. The van der Waals surface area contributed by atoms with Gasteiger partial charge in [0.1, 0.15) is 18.1 Å². The SMILES string of the molecule is CCC[N+]1=C(/C=C/C2=C(Oc3ccc(CCC(=O)NC(C)C)cc3)C(=C/C=C3/N(CCC[N+](C)(C)C)c4ccc(S(=O)(=O)O)cc4C3(C)C)/CCC2)C(C)(C)c2cc(SO)ccc21. The number of aryl methyl sites for hydroxylation is 1. The van der Waals surface area contributed by atoms with Gasteiger partial charge in [-0.05, 0) is 130 Å². The Morgan fingerprint density at radius 2 is 1.70 bits per heavy atom. The smallest absolute Gasteiger partial charge is 0.294 e. The summed E-state index contributed by atoms with van der Waals surface area (Å²) >= 11 is 0.775. The van der Waals surface area contributed by atoms with E-state index in [1.54, 1.807) is 6.07 Å². The third kappa shape index (κ3) is 11.1. The number of hydrogen-bond acceptors (Lipinski definition) is 7. The number of anilines is 1. The molecular formula is C51H68N4O6S2+2. The summed E-state index contributed by atoms with van der Waals surface area (Å²) in [6.07, 6.45) is 14.4. The van der Waals surface area contributed by atoms with Gasteiger partial charge in [0.15, 0.2) is 5.71 Å². The molecule has 1 aliphatic carbocycles. The minimum Gasteiger partial charge on any atom is -0.457 e. The highest BCUT2D eigenvalue weighted by atomic mass is 32.2. The van der Waals surface area contributed by atoms with Crippen molar-refractivity contribution in [2.24, 2.45) is 0 Å². The minimum absolute atomic E-state index is 0.0361. The van der Waals surface area contributed by atoms with Gasteiger partial charge in [-0.2, -0.15) is 13.0 Å². The number of allylic oxidation sites excluding steroid dienone is 7. The van der Waals surface area contributed by atoms with Crippen molar-refractivity contribution in [2.45, 2.75) is 120 Å². The van der Waals surface area contributed by atoms with Gasteiger partial charge in [0.25, 0.3) is 10.1 Å². The predicted octanol–water partition coefficient (Wildman–Crippen LogP) is 10.5. The zero-order chi connectivity index (χ0) is 45.9. The fraction of sp³-hybridized carbons (Fsp3) is 0.451. The van der Waals surface area contributed by atoms with Crippen molar-refractivity contribution in [1.29, 1.82) is 0 Å². The van der Waals surface area contributed by atoms with Gasteiger partial charge < -0.3 is 24.0 Å². The Labute approximate surface area is 380 Å². The van der Waals surface area contributed by atoms with Crippen LogP contribution in [0.3, 0.4) is 0 Å². The third-order valence-corrected chi connectivity index (χ3v) is 13.7. The number of hydrogen-bond donors (Lipinski definition) is 3. The molecule has 338 valence electrons. The lowest BCUT2D eigenvalue weighted by Gasteiger charge is -2.29. The van der Waals surface area contributed by atoms with E-state index in [9.17, 15) is 22.3 Å². The summed E-state index contributed by atoms with van der Waals surface area (Å²) in [6.45, 7) is 17.4. The van der Waals surface area contributed by atoms with Gasteiger partial charge in [-0.25, -0.2) is 0 Å². The summed E-state index contributed by atoms with van der Waals surface area (Å²) in [7, 11) is 2.16. The Hall–Kier alpha value is -4.46. The van der Waals surface area contributed by atoms with Crippen LogP contribution in [0.4, 0.5) is 11.4 Å². The molecule has 0 saturated heterocycles. The predicted molar refractivity (Wildman–Crippen MR) is 257 cm³/mol. The van der Waals surface area contributed by atoms with Crippen LogP contribution >= 0.6 is 12.0 Å². The van der Waals surface area contributed by atoms with Crippen LogP contribution in [0, 0.1) is 0 Å². The summed E-state index contributed by atoms with van der Waals surface area (Å²) in [5.41, 5.74) is 8.73. The van der Waals surface area contributed by atoms with E-state index in [1.807, 2.05) is 50.2 Å². The molecule has 3 N–H and O–H groups in total. The van der Waals surface area contributed by atoms with E-state index in [-0.39, 0.29) is 22.3 Å². The monoisotopic (exact) mass is 896 g/mol. The van der Waals surface area contributed by atoms with Gasteiger partial charge in [0.2, 0.25) is 11.6 Å². The van der Waals surface area contributed by atoms with Gasteiger partial charge in [0, 0.05) is 83.3 Å². The van der Waals surface area contributed by atoms with Gasteiger partial charge in [-0.1, -0.05) is 39.0 Å². The Kier molecular flexibility index (Phi) is 14.7. The summed E-state index contributed by atoms with van der Waals surface area (Å²) in [5.74, 6) is 1.56. The zero-order valence-corrected chi connectivity index (χ0v) is 40.5. The number of amides is 1. The molecule has 63 heavy (non-hydrogen) atoms. The van der Waals surface area contributed by atoms with Crippen molar-refractivity contribution < 1.29 is 36.1 Å². The van der Waals surface area contributed by atoms with Crippen molar-refractivity contribution in [3.63, 3.8) is 0 Å². The molecule has 2 aliphatic heterocycles. The highest BCUT2D eigenvalue weighted by Gasteiger charge is 2.44. The molecule has 10 nitrogen and oxygen atoms in total. The lowest BCUT2D eigenvalue weighted by Crippen LogP contribution is -2.37. The van der Waals surface area contributed by atoms with Gasteiger partial charge >= 0.3 is 0 Å². The molecular weight excluding hydrogens is 829 g/mol. The van der Waals surface area contributed by atoms with Crippen LogP contribution in [0.25, 0.3) is 0 Å². The molecule has 0 radical (unpaired) electrons. The standard InChI is InChI=1S/C51H66N4O6S2/c1-11-30-53-44-25-23-40(62-57)33-42(44)50(4,5)46(53)27-19-37-14-12-15-38(49(37)61-39-21-16-36(17-22-39)18-29-48(56)52-35(2)3)20-28-47-51(6,7)43-34-41(63(58,59)60)24-26-45(43)54(47)31-13-32-55(8,9)10/h16-17,19-28,33-35H,11-15,18,29-32H2,1-10H3,(H-2,52,56,57,58,59,60)/p+2. The molecule has 3 aliphatic rings. The second kappa shape index (κ2) is 19.3. The minimum atomic E-state index is -4.39. The van der Waals surface area contributed by atoms with Crippen LogP contribution in [0.5, 0.6) is 5.75 Å². The summed E-state index contributed by atoms with van der Waals surface area (Å²) in [5, 5.41) is 2.97. The first-order valence-electron chi connectivity index (χ1n) is 22.3. The van der Waals surface area contributed by atoms with E-state index in [2.05, 4.69) is 107 Å². The number of carbonyl (C=O) groups excluding carboxylic acids is 1. The molecule has 0 spiro atoms. The largest absolute Gasteiger partial charge is 0.457 e. The molecule has 3 aromatic rings. The molecule has 0 unspecified atom stereocenters. The van der Waals surface area contributed by atoms with Crippen LogP contribution in [0.2, 0.25) is 0 Å². The maximum atomic E-state index is 12.4. The molecule has 2 heterocycles. The Morgan fingerprint density at radius 1 is 0.968 bits per heavy atom. The highest BCUT2D eigenvalue weighted by Crippen LogP contribution is 2.49. The first-order valence-corrected chi connectivity index (χ1v) is 24.6. The van der Waals surface area contributed by atoms with E-state index in [0.717, 1.165) is 118 Å². The van der Waals surface area contributed by atoms with E-state index in [4.69, 9.17) is 4.74 Å². The molecule has 0 fully saturated rings. The van der Waals surface area contributed by atoms with Gasteiger partial charge in [0.05, 0.1) is 38.0 Å². The van der Waals surface area contributed by atoms with Crippen LogP contribution in [0.1, 0.15) is 104 Å². The van der Waals surface area contributed by atoms with Crippen LogP contribution in [0.15, 0.2) is 117 Å². The fourth-order valence-electron chi connectivity index (χ4n) is 9.14. The maximum Gasteiger partial charge on any atom is 0.294 e. The lowest BCUT2D eigenvalue weighted by molar-refractivity contribution is -0.870. The van der Waals surface area contributed by atoms with Crippen molar-refractivity contribution in [3.8, 4) is 5.75 Å². The second-order valence-corrected chi connectivity index (χ2v) is 21.6. The Balaban J connectivity index is 1.43. The maximum absolute atomic E-state index is 12.4. The number of quaternary nitrogens is 1. The molecule has 0 aromatic heterocycles. The third-order valence-electron chi connectivity index (χ3n) is 12.4. The van der Waals surface area contributed by atoms with E-state index < -0.39 is 15.5 Å². The van der Waals surface area contributed by atoms with Gasteiger partial charge in [-0.3, -0.25) is 9.35 Å². The van der Waals surface area contributed by atoms with E-state index in [1.165, 1.54) is 17.3 Å². The molecule has 0 saturated carbocycles. The van der Waals surface area contributed by atoms with Crippen LogP contribution in [-0.4, -0.2) is 85.0 Å². The van der Waals surface area contributed by atoms with Crippen molar-refractivity contribution in [1.82, 2.24) is 5.32 Å². The number of fused-ring (bicyclic) bond motifs is 2. The molecule has 1 amide bonds. The van der Waals surface area contributed by atoms with Crippen molar-refractivity contribution in [2.75, 3.05) is 45.7 Å². The summed E-state index contributed by atoms with van der Waals surface area (Å²) in [4.78, 5) is 15.4. The molecule has 3 aromatic carbocycles. The Morgan fingerprint density at radius 3 is 2.35 bits per heavy atom. The van der Waals surface area contributed by atoms with Gasteiger partial charge in [-0.15, -0.1) is 0 Å². The molecule has 0 bridgehead atoms. The highest BCUT2D eigenvalue weighted by molar-refractivity contribution is 7.93. The number of nitrogens with zero attached hydrogens (tertiary/aromatic N) is 3. The van der Waals surface area contributed by atoms with Crippen LogP contribution < -0.4 is 15.0 Å².